The van der Waals surface area contributed by atoms with Crippen LogP contribution >= 0.6 is 46.4 Å². The average molecular weight is 577 g/mol. The van der Waals surface area contributed by atoms with Crippen molar-refractivity contribution in [2.24, 2.45) is 17.8 Å². The zero-order valence-electron chi connectivity index (χ0n) is 22.0. The molecule has 1 aliphatic rings. The number of allylic oxidation sites excluding steroid dienone is 3. The number of nitriles is 4. The summed E-state index contributed by atoms with van der Waals surface area (Å²) in [5.41, 5.74) is 1.81. The summed E-state index contributed by atoms with van der Waals surface area (Å²) < 4.78 is 0. The van der Waals surface area contributed by atoms with Gasteiger partial charge in [0.25, 0.3) is 0 Å². The Bertz CT molecular complexity index is 713. The molecule has 0 amide bonds. The van der Waals surface area contributed by atoms with E-state index in [-0.39, 0.29) is 0 Å². The summed E-state index contributed by atoms with van der Waals surface area (Å²) in [6, 6.07) is 8.27. The van der Waals surface area contributed by atoms with Crippen molar-refractivity contribution in [2.45, 2.75) is 58.3 Å². The van der Waals surface area contributed by atoms with E-state index in [1.807, 2.05) is 38.1 Å². The first-order valence-corrected chi connectivity index (χ1v) is 14.1. The summed E-state index contributed by atoms with van der Waals surface area (Å²) in [4.78, 5) is 2.05. The Kier molecular flexibility index (Phi) is 32.3. The number of hydrogen-bond acceptors (Lipinski definition) is 5. The molecule has 1 rings (SSSR count). The lowest BCUT2D eigenvalue weighted by Gasteiger charge is -2.15. The molecule has 0 aromatic rings. The molecule has 0 N–H and O–H groups in total. The predicted molar refractivity (Wildman–Crippen MR) is 154 cm³/mol. The van der Waals surface area contributed by atoms with Crippen LogP contribution < -0.4 is 0 Å². The summed E-state index contributed by atoms with van der Waals surface area (Å²) >= 11 is 22.1. The fraction of sp³-hybridized carbons (Fsp3) is 0.704. The molecule has 0 aromatic carbocycles. The van der Waals surface area contributed by atoms with Gasteiger partial charge in [0.2, 0.25) is 0 Å². The standard InChI is InChI=1S/C8H12ClN.C7H13ClN2.C7H10ClN.C5H6ClN/c9-6-8(3-4-10)5-7-1-2-7;1-10(2)6-7(5-8)3-4-9;1-2-3-7(6-8)4-5-9;1-5(4-6)2-3-7/h7-8H,1-3,5-6H2;7H,3,5-6H2,1-2H3;3H,2,4,6H2,1H3;1-2,4H2/b;;7-3-;. The molecular formula is C27H41Cl4N5. The SMILES string of the molecule is C=C(CCl)CC#N.CC/C=C(\CCl)CC#N.CN(C)CC(CCl)CC#N.N#CCC(CCl)CC1CC1. The zero-order valence-corrected chi connectivity index (χ0v) is 25.0. The van der Waals surface area contributed by atoms with Crippen LogP contribution in [0.5, 0.6) is 0 Å². The number of hydrogen-bond donors (Lipinski definition) is 0. The van der Waals surface area contributed by atoms with Gasteiger partial charge in [-0.1, -0.05) is 32.4 Å². The van der Waals surface area contributed by atoms with Gasteiger partial charge in [-0.3, -0.25) is 0 Å². The third-order valence-electron chi connectivity index (χ3n) is 4.67. The molecule has 1 saturated carbocycles. The lowest BCUT2D eigenvalue weighted by molar-refractivity contribution is 0.344. The molecule has 5 nitrogen and oxygen atoms in total. The smallest absolute Gasteiger partial charge is 0.0666 e. The molecule has 0 heterocycles. The Morgan fingerprint density at radius 2 is 1.42 bits per heavy atom. The zero-order chi connectivity index (χ0) is 28.2. The van der Waals surface area contributed by atoms with Gasteiger partial charge in [-0.25, -0.2) is 0 Å². The average Bonchev–Trinajstić information content (AvgIpc) is 3.68. The van der Waals surface area contributed by atoms with E-state index in [0.29, 0.717) is 61.0 Å². The summed E-state index contributed by atoms with van der Waals surface area (Å²) in [5, 5.41) is 33.0. The first-order chi connectivity index (χ1) is 17.2. The van der Waals surface area contributed by atoms with Gasteiger partial charge in [-0.2, -0.15) is 21.0 Å². The molecule has 0 spiro atoms. The number of rotatable bonds is 13. The van der Waals surface area contributed by atoms with Crippen LogP contribution in [0, 0.1) is 63.1 Å². The van der Waals surface area contributed by atoms with E-state index in [2.05, 4.69) is 24.8 Å². The van der Waals surface area contributed by atoms with Crippen LogP contribution in [0.4, 0.5) is 0 Å². The summed E-state index contributed by atoms with van der Waals surface area (Å²) in [5.74, 6) is 3.79. The van der Waals surface area contributed by atoms with Crippen LogP contribution in [-0.4, -0.2) is 49.1 Å². The van der Waals surface area contributed by atoms with Crippen LogP contribution in [0.1, 0.15) is 58.3 Å². The van der Waals surface area contributed by atoms with E-state index in [4.69, 9.17) is 67.5 Å². The van der Waals surface area contributed by atoms with Crippen LogP contribution in [0.15, 0.2) is 23.8 Å². The molecular weight excluding hydrogens is 536 g/mol. The molecule has 2 unspecified atom stereocenters. The van der Waals surface area contributed by atoms with E-state index in [0.717, 1.165) is 30.0 Å². The molecule has 0 bridgehead atoms. The van der Waals surface area contributed by atoms with Crippen LogP contribution in [0.3, 0.4) is 0 Å². The Morgan fingerprint density at radius 3 is 1.72 bits per heavy atom. The molecule has 0 radical (unpaired) electrons. The topological polar surface area (TPSA) is 98.4 Å². The maximum Gasteiger partial charge on any atom is 0.0666 e. The monoisotopic (exact) mass is 575 g/mol. The van der Waals surface area contributed by atoms with Crippen molar-refractivity contribution >= 4 is 46.4 Å². The second-order valence-electron chi connectivity index (χ2n) is 8.66. The number of alkyl halides is 4. The van der Waals surface area contributed by atoms with E-state index in [9.17, 15) is 0 Å². The first kappa shape index (κ1) is 39.1. The lowest BCUT2D eigenvalue weighted by atomic mass is 10.0. The van der Waals surface area contributed by atoms with Gasteiger partial charge in [0.15, 0.2) is 0 Å². The maximum atomic E-state index is 8.39. The van der Waals surface area contributed by atoms with Crippen molar-refractivity contribution in [2.75, 3.05) is 44.2 Å². The Morgan fingerprint density at radius 1 is 0.889 bits per heavy atom. The highest BCUT2D eigenvalue weighted by molar-refractivity contribution is 6.19. The van der Waals surface area contributed by atoms with Crippen molar-refractivity contribution in [3.8, 4) is 24.3 Å². The molecule has 202 valence electrons. The highest BCUT2D eigenvalue weighted by Gasteiger charge is 2.24. The molecule has 0 saturated heterocycles. The van der Waals surface area contributed by atoms with E-state index < -0.39 is 0 Å². The van der Waals surface area contributed by atoms with E-state index >= 15 is 0 Å². The predicted octanol–water partition coefficient (Wildman–Crippen LogP) is 8.04. The van der Waals surface area contributed by atoms with Crippen molar-refractivity contribution in [3.05, 3.63) is 23.8 Å². The molecule has 2 atom stereocenters. The quantitative estimate of drug-likeness (QED) is 0.163. The minimum atomic E-state index is 0.321. The molecule has 1 fully saturated rings. The van der Waals surface area contributed by atoms with Crippen LogP contribution in [0.25, 0.3) is 0 Å². The molecule has 36 heavy (non-hydrogen) atoms. The van der Waals surface area contributed by atoms with Gasteiger partial charge >= 0.3 is 0 Å². The highest BCUT2D eigenvalue weighted by atomic mass is 35.5. The van der Waals surface area contributed by atoms with E-state index in [1.54, 1.807) is 0 Å². The van der Waals surface area contributed by atoms with Gasteiger partial charge in [0, 0.05) is 42.9 Å². The minimum absolute atomic E-state index is 0.321. The normalized spacial score (nSPS) is 13.4. The molecule has 0 aromatic heterocycles. The second-order valence-corrected chi connectivity index (χ2v) is 9.82. The molecule has 0 aliphatic heterocycles. The van der Waals surface area contributed by atoms with Crippen LogP contribution in [-0.2, 0) is 0 Å². The first-order valence-electron chi connectivity index (χ1n) is 11.9. The van der Waals surface area contributed by atoms with Crippen LogP contribution in [0.2, 0.25) is 0 Å². The number of nitrogens with zero attached hydrogens (tertiary/aromatic N) is 5. The maximum absolute atomic E-state index is 8.39. The van der Waals surface area contributed by atoms with E-state index in [1.165, 1.54) is 19.3 Å². The van der Waals surface area contributed by atoms with Crippen molar-refractivity contribution < 1.29 is 0 Å². The summed E-state index contributed by atoms with van der Waals surface area (Å²) in [6.07, 6.45) is 8.90. The third-order valence-corrected chi connectivity index (χ3v) is 6.27. The van der Waals surface area contributed by atoms with Gasteiger partial charge < -0.3 is 4.90 Å². The summed E-state index contributed by atoms with van der Waals surface area (Å²) in [7, 11) is 3.97. The van der Waals surface area contributed by atoms with Crippen molar-refractivity contribution in [1.82, 2.24) is 4.90 Å². The molecule has 1 aliphatic carbocycles. The lowest BCUT2D eigenvalue weighted by Crippen LogP contribution is -2.22. The largest absolute Gasteiger partial charge is 0.309 e. The fourth-order valence-corrected chi connectivity index (χ4v) is 3.43. The number of halogens is 4. The Labute approximate surface area is 239 Å². The fourth-order valence-electron chi connectivity index (χ4n) is 2.69. The van der Waals surface area contributed by atoms with Gasteiger partial charge in [0.05, 0.1) is 37.1 Å². The molecule has 9 heteroatoms. The minimum Gasteiger partial charge on any atom is -0.309 e. The van der Waals surface area contributed by atoms with Crippen molar-refractivity contribution in [3.63, 3.8) is 0 Å². The van der Waals surface area contributed by atoms with Crippen molar-refractivity contribution in [1.29, 1.82) is 21.0 Å². The Hall–Kier alpha value is -1.44. The third kappa shape index (κ3) is 30.6. The summed E-state index contributed by atoms with van der Waals surface area (Å²) in [6.45, 7) is 6.44. The van der Waals surface area contributed by atoms with Gasteiger partial charge in [-0.05, 0) is 55.8 Å². The van der Waals surface area contributed by atoms with Gasteiger partial charge in [0.1, 0.15) is 0 Å². The highest BCUT2D eigenvalue weighted by Crippen LogP contribution is 2.36. The van der Waals surface area contributed by atoms with Gasteiger partial charge in [-0.15, -0.1) is 46.4 Å². The second kappa shape index (κ2) is 29.8. The Balaban J connectivity index is -0.000000407.